The van der Waals surface area contributed by atoms with E-state index in [0.717, 1.165) is 32.2 Å². The second kappa shape index (κ2) is 6.53. The Kier molecular flexibility index (Phi) is 4.95. The molecule has 1 aliphatic heterocycles. The number of rotatable bonds is 5. The van der Waals surface area contributed by atoms with E-state index in [1.54, 1.807) is 12.1 Å². The molecule has 114 valence electrons. The molecule has 1 unspecified atom stereocenters. The van der Waals surface area contributed by atoms with E-state index < -0.39 is 10.5 Å². The Morgan fingerprint density at radius 2 is 2.33 bits per heavy atom. The van der Waals surface area contributed by atoms with Gasteiger partial charge in [0.05, 0.1) is 10.5 Å². The maximum atomic E-state index is 12.6. The monoisotopic (exact) mass is 355 g/mol. The van der Waals surface area contributed by atoms with E-state index in [0.29, 0.717) is 4.47 Å². The first-order valence-electron chi connectivity index (χ1n) is 6.99. The summed E-state index contributed by atoms with van der Waals surface area (Å²) in [6.07, 6.45) is 3.30. The summed E-state index contributed by atoms with van der Waals surface area (Å²) in [5, 5.41) is 17.1. The number of nitro groups is 1. The van der Waals surface area contributed by atoms with Gasteiger partial charge < -0.3 is 10.6 Å². The highest BCUT2D eigenvalue weighted by Crippen LogP contribution is 2.31. The van der Waals surface area contributed by atoms with Crippen molar-refractivity contribution in [1.29, 1.82) is 0 Å². The van der Waals surface area contributed by atoms with E-state index in [-0.39, 0.29) is 17.3 Å². The van der Waals surface area contributed by atoms with E-state index in [9.17, 15) is 14.9 Å². The van der Waals surface area contributed by atoms with Crippen LogP contribution in [0.2, 0.25) is 0 Å². The molecule has 0 aliphatic carbocycles. The molecule has 2 rings (SSSR count). The predicted molar refractivity (Wildman–Crippen MR) is 84.3 cm³/mol. The van der Waals surface area contributed by atoms with Gasteiger partial charge in [-0.3, -0.25) is 14.9 Å². The Morgan fingerprint density at radius 1 is 1.57 bits per heavy atom. The molecule has 0 bridgehead atoms. The van der Waals surface area contributed by atoms with Gasteiger partial charge in [-0.2, -0.15) is 0 Å². The lowest BCUT2D eigenvalue weighted by molar-refractivity contribution is -0.384. The molecule has 1 saturated heterocycles. The van der Waals surface area contributed by atoms with Crippen LogP contribution in [0.1, 0.15) is 32.6 Å². The summed E-state index contributed by atoms with van der Waals surface area (Å²) in [7, 11) is 0. The average molecular weight is 356 g/mol. The van der Waals surface area contributed by atoms with Crippen molar-refractivity contribution in [3.63, 3.8) is 0 Å². The van der Waals surface area contributed by atoms with Gasteiger partial charge in [0.2, 0.25) is 5.91 Å². The molecule has 0 saturated carbocycles. The Morgan fingerprint density at radius 3 is 2.90 bits per heavy atom. The van der Waals surface area contributed by atoms with Gasteiger partial charge in [0, 0.05) is 10.5 Å². The fraction of sp³-hybridized carbons (Fsp3) is 0.500. The topological polar surface area (TPSA) is 84.3 Å². The lowest BCUT2D eigenvalue weighted by Crippen LogP contribution is -2.50. The summed E-state index contributed by atoms with van der Waals surface area (Å²) >= 11 is 3.20. The molecule has 21 heavy (non-hydrogen) atoms. The minimum Gasteiger partial charge on any atom is -0.319 e. The molecule has 1 fully saturated rings. The Labute approximate surface area is 131 Å². The van der Waals surface area contributed by atoms with E-state index >= 15 is 0 Å². The van der Waals surface area contributed by atoms with E-state index in [4.69, 9.17) is 0 Å². The van der Waals surface area contributed by atoms with E-state index in [1.807, 2.05) is 6.92 Å². The Bertz CT molecular complexity index is 556. The molecule has 1 atom stereocenters. The van der Waals surface area contributed by atoms with Crippen LogP contribution in [0.25, 0.3) is 0 Å². The van der Waals surface area contributed by atoms with Gasteiger partial charge in [-0.25, -0.2) is 0 Å². The minimum absolute atomic E-state index is 0.109. The minimum atomic E-state index is -0.601. The molecule has 1 amide bonds. The SMILES string of the molecule is CCCC1(C(=O)Nc2ccc(Br)cc2[N+](=O)[O-])CCCN1. The number of anilines is 1. The van der Waals surface area contributed by atoms with Gasteiger partial charge in [0.15, 0.2) is 0 Å². The summed E-state index contributed by atoms with van der Waals surface area (Å²) < 4.78 is 0.606. The van der Waals surface area contributed by atoms with E-state index in [2.05, 4.69) is 26.6 Å². The number of nitro benzene ring substituents is 1. The van der Waals surface area contributed by atoms with Gasteiger partial charge >= 0.3 is 0 Å². The largest absolute Gasteiger partial charge is 0.319 e. The van der Waals surface area contributed by atoms with Crippen LogP contribution in [0.3, 0.4) is 0 Å². The maximum Gasteiger partial charge on any atom is 0.293 e. The van der Waals surface area contributed by atoms with Crippen molar-refractivity contribution in [2.75, 3.05) is 11.9 Å². The quantitative estimate of drug-likeness (QED) is 0.627. The molecule has 6 nitrogen and oxygen atoms in total. The third-order valence-electron chi connectivity index (χ3n) is 3.76. The van der Waals surface area contributed by atoms with Crippen molar-refractivity contribution in [2.45, 2.75) is 38.1 Å². The lowest BCUT2D eigenvalue weighted by Gasteiger charge is -2.27. The number of halogens is 1. The normalized spacial score (nSPS) is 21.2. The molecule has 7 heteroatoms. The summed E-state index contributed by atoms with van der Waals surface area (Å²) in [5.74, 6) is -0.188. The van der Waals surface area contributed by atoms with Crippen LogP contribution in [0.15, 0.2) is 22.7 Å². The third kappa shape index (κ3) is 3.41. The number of hydrogen-bond acceptors (Lipinski definition) is 4. The van der Waals surface area contributed by atoms with Crippen LogP contribution in [0.5, 0.6) is 0 Å². The van der Waals surface area contributed by atoms with Crippen molar-refractivity contribution < 1.29 is 9.72 Å². The number of carbonyl (C=O) groups excluding carboxylic acids is 1. The van der Waals surface area contributed by atoms with Gasteiger partial charge in [-0.15, -0.1) is 0 Å². The number of amides is 1. The number of hydrogen-bond donors (Lipinski definition) is 2. The fourth-order valence-electron chi connectivity index (χ4n) is 2.76. The van der Waals surface area contributed by atoms with E-state index in [1.165, 1.54) is 6.07 Å². The van der Waals surface area contributed by atoms with Gasteiger partial charge in [0.1, 0.15) is 5.69 Å². The van der Waals surface area contributed by atoms with Gasteiger partial charge in [-0.1, -0.05) is 29.3 Å². The molecular weight excluding hydrogens is 338 g/mol. The third-order valence-corrected chi connectivity index (χ3v) is 4.25. The smallest absolute Gasteiger partial charge is 0.293 e. The van der Waals surface area contributed by atoms with Crippen molar-refractivity contribution >= 4 is 33.2 Å². The van der Waals surface area contributed by atoms with Crippen molar-refractivity contribution in [3.8, 4) is 0 Å². The summed E-state index contributed by atoms with van der Waals surface area (Å²) in [4.78, 5) is 23.2. The van der Waals surface area contributed by atoms with Crippen molar-refractivity contribution in [3.05, 3.63) is 32.8 Å². The zero-order chi connectivity index (χ0) is 15.5. The maximum absolute atomic E-state index is 12.6. The first-order valence-corrected chi connectivity index (χ1v) is 7.78. The molecule has 1 heterocycles. The zero-order valence-corrected chi connectivity index (χ0v) is 13.4. The highest BCUT2D eigenvalue weighted by Gasteiger charge is 2.40. The Balaban J connectivity index is 2.25. The summed E-state index contributed by atoms with van der Waals surface area (Å²) in [6.45, 7) is 2.83. The van der Waals surface area contributed by atoms with Crippen molar-refractivity contribution in [2.24, 2.45) is 0 Å². The standard InChI is InChI=1S/C14H18BrN3O3/c1-2-6-14(7-3-8-16-14)13(19)17-11-5-4-10(15)9-12(11)18(20)21/h4-5,9,16H,2-3,6-8H2,1H3,(H,17,19). The number of carbonyl (C=O) groups is 1. The number of nitrogens with zero attached hydrogens (tertiary/aromatic N) is 1. The molecule has 0 aromatic heterocycles. The van der Waals surface area contributed by atoms with Crippen LogP contribution < -0.4 is 10.6 Å². The molecular formula is C14H18BrN3O3. The molecule has 1 aromatic carbocycles. The molecule has 1 aliphatic rings. The number of benzene rings is 1. The fourth-order valence-corrected chi connectivity index (χ4v) is 3.11. The second-order valence-electron chi connectivity index (χ2n) is 5.24. The van der Waals surface area contributed by atoms with Crippen LogP contribution in [-0.4, -0.2) is 22.9 Å². The molecule has 1 aromatic rings. The van der Waals surface area contributed by atoms with Crippen LogP contribution in [-0.2, 0) is 4.79 Å². The van der Waals surface area contributed by atoms with Crippen molar-refractivity contribution in [1.82, 2.24) is 5.32 Å². The first-order chi connectivity index (χ1) is 9.98. The number of nitrogens with one attached hydrogen (secondary N) is 2. The average Bonchev–Trinajstić information content (AvgIpc) is 2.91. The summed E-state index contributed by atoms with van der Waals surface area (Å²) in [6, 6.07) is 4.62. The summed E-state index contributed by atoms with van der Waals surface area (Å²) in [5.41, 5.74) is -0.477. The van der Waals surface area contributed by atoms with Gasteiger partial charge in [0.25, 0.3) is 5.69 Å². The van der Waals surface area contributed by atoms with Crippen LogP contribution in [0, 0.1) is 10.1 Å². The first kappa shape index (κ1) is 15.9. The van der Waals surface area contributed by atoms with Gasteiger partial charge in [-0.05, 0) is 37.9 Å². The predicted octanol–water partition coefficient (Wildman–Crippen LogP) is 3.22. The highest BCUT2D eigenvalue weighted by molar-refractivity contribution is 9.10. The second-order valence-corrected chi connectivity index (χ2v) is 6.15. The van der Waals surface area contributed by atoms with Crippen LogP contribution >= 0.6 is 15.9 Å². The highest BCUT2D eigenvalue weighted by atomic mass is 79.9. The lowest BCUT2D eigenvalue weighted by atomic mass is 9.90. The molecule has 2 N–H and O–H groups in total. The zero-order valence-electron chi connectivity index (χ0n) is 11.8. The Hall–Kier alpha value is -1.47. The molecule has 0 spiro atoms. The molecule has 0 radical (unpaired) electrons. The van der Waals surface area contributed by atoms with Crippen LogP contribution in [0.4, 0.5) is 11.4 Å².